The molecule has 0 aliphatic rings. The first-order valence-electron chi connectivity index (χ1n) is 5.24. The third-order valence-corrected chi connectivity index (χ3v) is 2.11. The minimum atomic E-state index is -1.17. The van der Waals surface area contributed by atoms with Crippen LogP contribution in [-0.2, 0) is 0 Å². The van der Waals surface area contributed by atoms with Crippen molar-refractivity contribution in [2.75, 3.05) is 5.43 Å². The average molecular weight is 219 g/mol. The molecule has 0 amide bonds. The zero-order valence-electron chi connectivity index (χ0n) is 9.49. The topological polar surface area (TPSA) is 64.5 Å². The fraction of sp³-hybridized carbons (Fsp3) is 0.333. The van der Waals surface area contributed by atoms with Crippen LogP contribution >= 0.6 is 0 Å². The first kappa shape index (κ1) is 12.2. The number of carbonyl (C=O) groups excluding carboxylic acids is 1. The van der Waals surface area contributed by atoms with Gasteiger partial charge in [0, 0.05) is 5.71 Å². The predicted octanol–water partition coefficient (Wildman–Crippen LogP) is 1.64. The molecule has 86 valence electrons. The van der Waals surface area contributed by atoms with Crippen LogP contribution in [0.15, 0.2) is 29.4 Å². The molecule has 0 spiro atoms. The molecule has 0 heterocycles. The van der Waals surface area contributed by atoms with E-state index in [0.717, 1.165) is 24.2 Å². The Morgan fingerprint density at radius 1 is 1.38 bits per heavy atom. The number of anilines is 1. The number of benzene rings is 1. The maximum Gasteiger partial charge on any atom is 0.0715 e. The van der Waals surface area contributed by atoms with E-state index in [0.29, 0.717) is 0 Å². The number of nitrogens with one attached hydrogen (secondary N) is 1. The lowest BCUT2D eigenvalue weighted by molar-refractivity contribution is -0.255. The van der Waals surface area contributed by atoms with Crippen LogP contribution in [-0.4, -0.2) is 11.7 Å². The Hall–Kier alpha value is -1.84. The Morgan fingerprint density at radius 3 is 2.50 bits per heavy atom. The minimum absolute atomic E-state index is 0.166. The lowest BCUT2D eigenvalue weighted by atomic mass is 10.2. The van der Waals surface area contributed by atoms with Gasteiger partial charge < -0.3 is 9.90 Å². The smallest absolute Gasteiger partial charge is 0.0715 e. The van der Waals surface area contributed by atoms with Crippen LogP contribution in [0.1, 0.15) is 37.0 Å². The molecule has 0 fully saturated rings. The van der Waals surface area contributed by atoms with E-state index in [1.165, 1.54) is 12.1 Å². The van der Waals surface area contributed by atoms with E-state index in [2.05, 4.69) is 17.5 Å². The molecule has 0 unspecified atom stereocenters. The van der Waals surface area contributed by atoms with Gasteiger partial charge in [0.05, 0.1) is 11.7 Å². The highest BCUT2D eigenvalue weighted by Crippen LogP contribution is 2.09. The van der Waals surface area contributed by atoms with Gasteiger partial charge in [0.25, 0.3) is 0 Å². The van der Waals surface area contributed by atoms with Gasteiger partial charge in [-0.1, -0.05) is 25.5 Å². The summed E-state index contributed by atoms with van der Waals surface area (Å²) >= 11 is 0. The molecule has 0 saturated heterocycles. The zero-order valence-corrected chi connectivity index (χ0v) is 9.49. The maximum atomic E-state index is 10.5. The van der Waals surface area contributed by atoms with E-state index in [-0.39, 0.29) is 5.56 Å². The Kier molecular flexibility index (Phi) is 4.51. The number of hydrazone groups is 1. The third-order valence-electron chi connectivity index (χ3n) is 2.11. The Balaban J connectivity index is 2.62. The number of aromatic carboxylic acids is 1. The van der Waals surface area contributed by atoms with Gasteiger partial charge in [0.2, 0.25) is 0 Å². The molecular formula is C12H15N2O2-. The lowest BCUT2D eigenvalue weighted by Gasteiger charge is -2.05. The van der Waals surface area contributed by atoms with Crippen molar-refractivity contribution in [3.8, 4) is 0 Å². The van der Waals surface area contributed by atoms with Gasteiger partial charge in [-0.05, 0) is 31.0 Å². The second-order valence-corrected chi connectivity index (χ2v) is 3.57. The normalized spacial score (nSPS) is 11.2. The number of carboxylic acids is 1. The predicted molar refractivity (Wildman–Crippen MR) is 62.4 cm³/mol. The summed E-state index contributed by atoms with van der Waals surface area (Å²) < 4.78 is 0. The van der Waals surface area contributed by atoms with Crippen molar-refractivity contribution in [1.82, 2.24) is 0 Å². The van der Waals surface area contributed by atoms with Crippen molar-refractivity contribution in [3.63, 3.8) is 0 Å². The summed E-state index contributed by atoms with van der Waals surface area (Å²) in [7, 11) is 0. The first-order chi connectivity index (χ1) is 7.63. The Bertz CT molecular complexity index is 383. The van der Waals surface area contributed by atoms with Gasteiger partial charge in [0.15, 0.2) is 0 Å². The van der Waals surface area contributed by atoms with Crippen LogP contribution in [0.5, 0.6) is 0 Å². The van der Waals surface area contributed by atoms with Crippen molar-refractivity contribution in [2.24, 2.45) is 5.10 Å². The summed E-state index contributed by atoms with van der Waals surface area (Å²) in [4.78, 5) is 10.5. The molecule has 1 N–H and O–H groups in total. The van der Waals surface area contributed by atoms with Crippen molar-refractivity contribution in [1.29, 1.82) is 0 Å². The minimum Gasteiger partial charge on any atom is -0.545 e. The number of carbonyl (C=O) groups is 1. The van der Waals surface area contributed by atoms with Gasteiger partial charge in [0.1, 0.15) is 0 Å². The number of carboxylic acid groups (broad SMARTS) is 1. The molecule has 0 bridgehead atoms. The molecule has 1 aromatic rings. The molecule has 16 heavy (non-hydrogen) atoms. The molecule has 0 saturated carbocycles. The molecule has 0 radical (unpaired) electrons. The van der Waals surface area contributed by atoms with Crippen LogP contribution in [0.4, 0.5) is 5.69 Å². The second-order valence-electron chi connectivity index (χ2n) is 3.57. The molecule has 0 atom stereocenters. The van der Waals surface area contributed by atoms with Crippen molar-refractivity contribution in [2.45, 2.75) is 26.7 Å². The third kappa shape index (κ3) is 3.73. The van der Waals surface area contributed by atoms with Gasteiger partial charge in [-0.3, -0.25) is 5.43 Å². The molecule has 1 aromatic carbocycles. The van der Waals surface area contributed by atoms with Gasteiger partial charge in [-0.25, -0.2) is 0 Å². The standard InChI is InChI=1S/C12H16N2O2/c1-3-4-9(2)13-14-11-7-5-10(6-8-11)12(15)16/h5-8,14H,3-4H2,1-2H3,(H,15,16)/p-1/b13-9-. The van der Waals surface area contributed by atoms with Crippen LogP contribution < -0.4 is 10.5 Å². The Labute approximate surface area is 95.0 Å². The monoisotopic (exact) mass is 219 g/mol. The van der Waals surface area contributed by atoms with Crippen molar-refractivity contribution in [3.05, 3.63) is 29.8 Å². The summed E-state index contributed by atoms with van der Waals surface area (Å²) in [5.74, 6) is -1.17. The molecule has 0 aromatic heterocycles. The number of rotatable bonds is 5. The highest BCUT2D eigenvalue weighted by Gasteiger charge is 1.94. The van der Waals surface area contributed by atoms with Gasteiger partial charge >= 0.3 is 0 Å². The van der Waals surface area contributed by atoms with E-state index in [1.807, 2.05) is 6.92 Å². The van der Waals surface area contributed by atoms with E-state index < -0.39 is 5.97 Å². The van der Waals surface area contributed by atoms with Gasteiger partial charge in [-0.15, -0.1) is 0 Å². The fourth-order valence-corrected chi connectivity index (χ4v) is 1.26. The fourth-order valence-electron chi connectivity index (χ4n) is 1.26. The lowest BCUT2D eigenvalue weighted by Crippen LogP contribution is -2.21. The quantitative estimate of drug-likeness (QED) is 0.604. The maximum absolute atomic E-state index is 10.5. The molecule has 1 rings (SSSR count). The summed E-state index contributed by atoms with van der Waals surface area (Å²) in [6, 6.07) is 6.30. The van der Waals surface area contributed by atoms with E-state index in [9.17, 15) is 9.90 Å². The molecule has 0 aliphatic heterocycles. The summed E-state index contributed by atoms with van der Waals surface area (Å²) in [6.07, 6.45) is 2.00. The SMILES string of the molecule is CCC/C(C)=N\Nc1ccc(C(=O)[O-])cc1. The van der Waals surface area contributed by atoms with Crippen LogP contribution in [0.3, 0.4) is 0 Å². The first-order valence-corrected chi connectivity index (χ1v) is 5.24. The summed E-state index contributed by atoms with van der Waals surface area (Å²) in [6.45, 7) is 4.04. The molecule has 0 aliphatic carbocycles. The number of nitrogens with zero attached hydrogens (tertiary/aromatic N) is 1. The summed E-state index contributed by atoms with van der Waals surface area (Å²) in [5, 5.41) is 14.7. The van der Waals surface area contributed by atoms with Crippen LogP contribution in [0, 0.1) is 0 Å². The molecule has 4 heteroatoms. The molecule has 4 nitrogen and oxygen atoms in total. The Morgan fingerprint density at radius 2 is 2.00 bits per heavy atom. The van der Waals surface area contributed by atoms with Crippen molar-refractivity contribution >= 4 is 17.4 Å². The number of hydrogen-bond donors (Lipinski definition) is 1. The van der Waals surface area contributed by atoms with E-state index in [1.54, 1.807) is 12.1 Å². The van der Waals surface area contributed by atoms with Crippen molar-refractivity contribution < 1.29 is 9.90 Å². The largest absolute Gasteiger partial charge is 0.545 e. The zero-order chi connectivity index (χ0) is 12.0. The highest BCUT2D eigenvalue weighted by atomic mass is 16.4. The number of hydrogen-bond acceptors (Lipinski definition) is 4. The van der Waals surface area contributed by atoms with Gasteiger partial charge in [-0.2, -0.15) is 5.10 Å². The average Bonchev–Trinajstić information content (AvgIpc) is 2.27. The van der Waals surface area contributed by atoms with E-state index >= 15 is 0 Å². The summed E-state index contributed by atoms with van der Waals surface area (Å²) in [5.41, 5.74) is 4.82. The van der Waals surface area contributed by atoms with E-state index in [4.69, 9.17) is 0 Å². The van der Waals surface area contributed by atoms with Crippen LogP contribution in [0.25, 0.3) is 0 Å². The molecular weight excluding hydrogens is 204 g/mol. The second kappa shape index (κ2) is 5.90. The highest BCUT2D eigenvalue weighted by molar-refractivity contribution is 5.86. The van der Waals surface area contributed by atoms with Crippen LogP contribution in [0.2, 0.25) is 0 Å².